The number of amides is 4. The number of aryl methyl sites for hydroxylation is 1. The molecule has 0 unspecified atom stereocenters. The SMILES string of the molecule is COc1cc(/C=C2/NC(=O)N(CC(=O)Nc3ccccc3F)C2=O)ccc1OCc1cccc(C)c1. The fourth-order valence-corrected chi connectivity index (χ4v) is 3.63. The maximum Gasteiger partial charge on any atom is 0.329 e. The minimum Gasteiger partial charge on any atom is -0.493 e. The number of rotatable bonds is 8. The van der Waals surface area contributed by atoms with Crippen LogP contribution in [0.4, 0.5) is 14.9 Å². The van der Waals surface area contributed by atoms with Gasteiger partial charge in [-0.3, -0.25) is 9.59 Å². The topological polar surface area (TPSA) is 97.0 Å². The number of hydrogen-bond donors (Lipinski definition) is 2. The predicted octanol–water partition coefficient (Wildman–Crippen LogP) is 4.25. The number of benzene rings is 3. The minimum absolute atomic E-state index is 0.00539. The standard InChI is InChI=1S/C27H24FN3O5/c1-17-6-5-7-19(12-17)16-36-23-11-10-18(14-24(23)35-2)13-22-26(33)31(27(34)30-22)15-25(32)29-21-9-4-3-8-20(21)28/h3-14H,15-16H2,1-2H3,(H,29,32)(H,30,34)/b22-13+. The lowest BCUT2D eigenvalue weighted by Gasteiger charge is -2.12. The van der Waals surface area contributed by atoms with Crippen LogP contribution in [0.2, 0.25) is 0 Å². The first-order valence-electron chi connectivity index (χ1n) is 11.1. The molecular formula is C27H24FN3O5. The van der Waals surface area contributed by atoms with Gasteiger partial charge < -0.3 is 20.1 Å². The van der Waals surface area contributed by atoms with Gasteiger partial charge in [-0.05, 0) is 48.4 Å². The zero-order chi connectivity index (χ0) is 25.7. The molecule has 0 aliphatic carbocycles. The van der Waals surface area contributed by atoms with Gasteiger partial charge in [-0.25, -0.2) is 14.1 Å². The Hall–Kier alpha value is -4.66. The van der Waals surface area contributed by atoms with Crippen molar-refractivity contribution in [2.24, 2.45) is 0 Å². The average Bonchev–Trinajstić information content (AvgIpc) is 3.11. The van der Waals surface area contributed by atoms with Crippen LogP contribution < -0.4 is 20.1 Å². The first kappa shape index (κ1) is 24.5. The number of urea groups is 1. The van der Waals surface area contributed by atoms with E-state index in [-0.39, 0.29) is 11.4 Å². The van der Waals surface area contributed by atoms with Crippen LogP contribution in [0.5, 0.6) is 11.5 Å². The molecule has 184 valence electrons. The van der Waals surface area contributed by atoms with Crippen molar-refractivity contribution in [2.75, 3.05) is 19.0 Å². The summed E-state index contributed by atoms with van der Waals surface area (Å²) in [7, 11) is 1.50. The number of nitrogens with zero attached hydrogens (tertiary/aromatic N) is 1. The number of nitrogens with one attached hydrogen (secondary N) is 2. The molecule has 4 rings (SSSR count). The second-order valence-corrected chi connectivity index (χ2v) is 8.10. The second-order valence-electron chi connectivity index (χ2n) is 8.10. The molecule has 8 nitrogen and oxygen atoms in total. The lowest BCUT2D eigenvalue weighted by atomic mass is 10.1. The van der Waals surface area contributed by atoms with E-state index in [1.807, 2.05) is 31.2 Å². The molecule has 1 saturated heterocycles. The van der Waals surface area contributed by atoms with Gasteiger partial charge in [0.2, 0.25) is 5.91 Å². The van der Waals surface area contributed by atoms with Gasteiger partial charge in [0.25, 0.3) is 5.91 Å². The number of hydrogen-bond acceptors (Lipinski definition) is 5. The molecule has 0 radical (unpaired) electrons. The Balaban J connectivity index is 1.43. The van der Waals surface area contributed by atoms with Crippen LogP contribution >= 0.6 is 0 Å². The molecule has 0 atom stereocenters. The monoisotopic (exact) mass is 489 g/mol. The van der Waals surface area contributed by atoms with Crippen LogP contribution in [0.25, 0.3) is 6.08 Å². The molecule has 1 aliphatic rings. The molecule has 2 N–H and O–H groups in total. The van der Waals surface area contributed by atoms with Gasteiger partial charge in [0.15, 0.2) is 11.5 Å². The fourth-order valence-electron chi connectivity index (χ4n) is 3.63. The number of carbonyl (C=O) groups excluding carboxylic acids is 3. The first-order chi connectivity index (χ1) is 17.3. The van der Waals surface area contributed by atoms with Gasteiger partial charge in [-0.1, -0.05) is 48.0 Å². The van der Waals surface area contributed by atoms with E-state index in [4.69, 9.17) is 9.47 Å². The highest BCUT2D eigenvalue weighted by molar-refractivity contribution is 6.16. The van der Waals surface area contributed by atoms with Crippen LogP contribution in [0.15, 0.2) is 72.4 Å². The van der Waals surface area contributed by atoms with E-state index < -0.39 is 30.2 Å². The summed E-state index contributed by atoms with van der Waals surface area (Å²) < 4.78 is 25.1. The highest BCUT2D eigenvalue weighted by Gasteiger charge is 2.35. The molecule has 3 aromatic carbocycles. The van der Waals surface area contributed by atoms with Gasteiger partial charge in [-0.2, -0.15) is 0 Å². The van der Waals surface area contributed by atoms with E-state index in [1.54, 1.807) is 24.3 Å². The van der Waals surface area contributed by atoms with Crippen molar-refractivity contribution in [1.29, 1.82) is 0 Å². The van der Waals surface area contributed by atoms with Gasteiger partial charge >= 0.3 is 6.03 Å². The van der Waals surface area contributed by atoms with Crippen LogP contribution in [-0.4, -0.2) is 36.4 Å². The Kier molecular flexibility index (Phi) is 7.29. The number of carbonyl (C=O) groups is 3. The van der Waals surface area contributed by atoms with E-state index in [0.717, 1.165) is 16.0 Å². The number of methoxy groups -OCH3 is 1. The summed E-state index contributed by atoms with van der Waals surface area (Å²) in [4.78, 5) is 38.1. The third-order valence-electron chi connectivity index (χ3n) is 5.39. The van der Waals surface area contributed by atoms with Crippen molar-refractivity contribution in [1.82, 2.24) is 10.2 Å². The summed E-state index contributed by atoms with van der Waals surface area (Å²) in [6, 6.07) is 17.9. The summed E-state index contributed by atoms with van der Waals surface area (Å²) in [5, 5.41) is 4.81. The van der Waals surface area contributed by atoms with Crippen LogP contribution in [-0.2, 0) is 16.2 Å². The smallest absolute Gasteiger partial charge is 0.329 e. The van der Waals surface area contributed by atoms with Crippen molar-refractivity contribution in [3.63, 3.8) is 0 Å². The van der Waals surface area contributed by atoms with Crippen molar-refractivity contribution < 1.29 is 28.2 Å². The molecule has 3 aromatic rings. The van der Waals surface area contributed by atoms with E-state index >= 15 is 0 Å². The molecule has 9 heteroatoms. The average molecular weight is 490 g/mol. The summed E-state index contributed by atoms with van der Waals surface area (Å²) in [6.07, 6.45) is 1.47. The lowest BCUT2D eigenvalue weighted by molar-refractivity contribution is -0.127. The number of imide groups is 1. The predicted molar refractivity (Wildman–Crippen MR) is 132 cm³/mol. The molecule has 36 heavy (non-hydrogen) atoms. The molecule has 1 aliphatic heterocycles. The Morgan fingerprint density at radius 2 is 1.86 bits per heavy atom. The van der Waals surface area contributed by atoms with Gasteiger partial charge in [-0.15, -0.1) is 0 Å². The Bertz CT molecular complexity index is 1350. The van der Waals surface area contributed by atoms with Gasteiger partial charge in [0.05, 0.1) is 12.8 Å². The van der Waals surface area contributed by atoms with Crippen LogP contribution in [0.3, 0.4) is 0 Å². The van der Waals surface area contributed by atoms with Crippen LogP contribution in [0, 0.1) is 12.7 Å². The number of para-hydroxylation sites is 1. The molecule has 1 heterocycles. The zero-order valence-corrected chi connectivity index (χ0v) is 19.7. The second kappa shape index (κ2) is 10.7. The minimum atomic E-state index is -0.750. The molecule has 1 fully saturated rings. The number of ether oxygens (including phenoxy) is 2. The number of halogens is 1. The van der Waals surface area contributed by atoms with E-state index in [2.05, 4.69) is 10.6 Å². The summed E-state index contributed by atoms with van der Waals surface area (Å²) in [6.45, 7) is 1.80. The molecule has 0 spiro atoms. The van der Waals surface area contributed by atoms with Crippen molar-refractivity contribution in [3.8, 4) is 11.5 Å². The number of anilines is 1. The van der Waals surface area contributed by atoms with Crippen molar-refractivity contribution in [3.05, 3.63) is 94.9 Å². The normalized spacial score (nSPS) is 14.1. The van der Waals surface area contributed by atoms with Crippen molar-refractivity contribution in [2.45, 2.75) is 13.5 Å². The third-order valence-corrected chi connectivity index (χ3v) is 5.39. The van der Waals surface area contributed by atoms with Crippen LogP contribution in [0.1, 0.15) is 16.7 Å². The summed E-state index contributed by atoms with van der Waals surface area (Å²) in [5.41, 5.74) is 2.68. The molecule has 0 saturated carbocycles. The Morgan fingerprint density at radius 3 is 2.61 bits per heavy atom. The molecular weight excluding hydrogens is 465 g/mol. The fraction of sp³-hybridized carbons (Fsp3) is 0.148. The van der Waals surface area contributed by atoms with E-state index in [9.17, 15) is 18.8 Å². The summed E-state index contributed by atoms with van der Waals surface area (Å²) in [5.74, 6) is -1.03. The molecule has 4 amide bonds. The Labute approximate surface area is 207 Å². The summed E-state index contributed by atoms with van der Waals surface area (Å²) >= 11 is 0. The third kappa shape index (κ3) is 5.69. The largest absolute Gasteiger partial charge is 0.493 e. The van der Waals surface area contributed by atoms with Crippen molar-refractivity contribution >= 4 is 29.6 Å². The van der Waals surface area contributed by atoms with E-state index in [1.165, 1.54) is 31.4 Å². The highest BCUT2D eigenvalue weighted by Crippen LogP contribution is 2.30. The zero-order valence-electron chi connectivity index (χ0n) is 19.7. The van der Waals surface area contributed by atoms with Gasteiger partial charge in [0.1, 0.15) is 24.7 Å². The lowest BCUT2D eigenvalue weighted by Crippen LogP contribution is -2.38. The quantitative estimate of drug-likeness (QED) is 0.364. The maximum absolute atomic E-state index is 13.8. The van der Waals surface area contributed by atoms with E-state index in [0.29, 0.717) is 23.7 Å². The highest BCUT2D eigenvalue weighted by atomic mass is 19.1. The molecule has 0 bridgehead atoms. The Morgan fingerprint density at radius 1 is 1.06 bits per heavy atom. The van der Waals surface area contributed by atoms with Gasteiger partial charge in [0, 0.05) is 0 Å². The first-order valence-corrected chi connectivity index (χ1v) is 11.1. The maximum atomic E-state index is 13.8. The molecule has 0 aromatic heterocycles.